The van der Waals surface area contributed by atoms with Crippen LogP contribution in [0.5, 0.6) is 0 Å². The van der Waals surface area contributed by atoms with Crippen LogP contribution in [0.4, 0.5) is 0 Å². The standard InChI is InChI=1S/C41H26N4/c1-2-10-28-23-30(19-18-27(28)9-1)40-34-14-3-5-16-36(34)41(37-17-6-4-15-35(37)40)31-20-21-38-39(25-31)44-45(43-38)33-13-7-11-29(24-33)32-12-8-22-42-26-32/h1-26H. The Morgan fingerprint density at radius 1 is 0.400 bits per heavy atom. The zero-order valence-corrected chi connectivity index (χ0v) is 24.3. The van der Waals surface area contributed by atoms with E-state index in [0.29, 0.717) is 0 Å². The Balaban J connectivity index is 1.22. The number of hydrogen-bond acceptors (Lipinski definition) is 3. The maximum atomic E-state index is 4.95. The van der Waals surface area contributed by atoms with Gasteiger partial charge in [0.2, 0.25) is 0 Å². The summed E-state index contributed by atoms with van der Waals surface area (Å²) in [6.07, 6.45) is 3.66. The predicted octanol–water partition coefficient (Wildman–Crippen LogP) is 10.3. The number of rotatable bonds is 4. The molecular formula is C41H26N4. The van der Waals surface area contributed by atoms with Gasteiger partial charge in [-0.2, -0.15) is 4.80 Å². The molecule has 2 aromatic heterocycles. The minimum Gasteiger partial charge on any atom is -0.264 e. The summed E-state index contributed by atoms with van der Waals surface area (Å²) in [6.45, 7) is 0. The summed E-state index contributed by atoms with van der Waals surface area (Å²) in [5, 5.41) is 17.2. The summed E-state index contributed by atoms with van der Waals surface area (Å²) in [5.74, 6) is 0. The first-order valence-electron chi connectivity index (χ1n) is 15.1. The Hall–Kier alpha value is -6.13. The van der Waals surface area contributed by atoms with Crippen LogP contribution in [0.25, 0.3) is 82.4 Å². The molecule has 0 saturated carbocycles. The lowest BCUT2D eigenvalue weighted by Gasteiger charge is -2.18. The fourth-order valence-corrected chi connectivity index (χ4v) is 6.62. The van der Waals surface area contributed by atoms with E-state index >= 15 is 0 Å². The van der Waals surface area contributed by atoms with E-state index in [1.165, 1.54) is 49.0 Å². The lowest BCUT2D eigenvalue weighted by atomic mass is 9.85. The maximum Gasteiger partial charge on any atom is 0.114 e. The van der Waals surface area contributed by atoms with Gasteiger partial charge in [0.25, 0.3) is 0 Å². The average molecular weight is 575 g/mol. The van der Waals surface area contributed by atoms with Crippen LogP contribution in [0.2, 0.25) is 0 Å². The van der Waals surface area contributed by atoms with Crippen molar-refractivity contribution in [2.24, 2.45) is 0 Å². The zero-order chi connectivity index (χ0) is 29.7. The first-order chi connectivity index (χ1) is 22.3. The van der Waals surface area contributed by atoms with E-state index in [0.717, 1.165) is 33.4 Å². The molecule has 0 N–H and O–H groups in total. The molecule has 0 aliphatic heterocycles. The highest BCUT2D eigenvalue weighted by atomic mass is 15.5. The van der Waals surface area contributed by atoms with Crippen molar-refractivity contribution in [1.29, 1.82) is 0 Å². The maximum absolute atomic E-state index is 4.95. The van der Waals surface area contributed by atoms with E-state index in [4.69, 9.17) is 10.2 Å². The average Bonchev–Trinajstić information content (AvgIpc) is 3.54. The Labute approximate surface area is 259 Å². The Kier molecular flexibility index (Phi) is 5.78. The van der Waals surface area contributed by atoms with E-state index in [2.05, 4.69) is 132 Å². The molecule has 9 aromatic rings. The monoisotopic (exact) mass is 574 g/mol. The van der Waals surface area contributed by atoms with Crippen LogP contribution < -0.4 is 0 Å². The lowest BCUT2D eigenvalue weighted by molar-refractivity contribution is 0.766. The van der Waals surface area contributed by atoms with E-state index in [-0.39, 0.29) is 0 Å². The number of aromatic nitrogens is 4. The molecular weight excluding hydrogens is 548 g/mol. The third-order valence-corrected chi connectivity index (χ3v) is 8.71. The quantitative estimate of drug-likeness (QED) is 0.196. The van der Waals surface area contributed by atoms with Crippen molar-refractivity contribution in [3.8, 4) is 39.1 Å². The molecule has 0 fully saturated rings. The molecule has 0 radical (unpaired) electrons. The second-order valence-electron chi connectivity index (χ2n) is 11.4. The Morgan fingerprint density at radius 2 is 1.02 bits per heavy atom. The van der Waals surface area contributed by atoms with Crippen LogP contribution in [0, 0.1) is 0 Å². The van der Waals surface area contributed by atoms with Gasteiger partial charge >= 0.3 is 0 Å². The number of pyridine rings is 1. The zero-order valence-electron chi connectivity index (χ0n) is 24.3. The van der Waals surface area contributed by atoms with Gasteiger partial charge in [0, 0.05) is 18.0 Å². The third kappa shape index (κ3) is 4.27. The predicted molar refractivity (Wildman–Crippen MR) is 185 cm³/mol. The molecule has 210 valence electrons. The Morgan fingerprint density at radius 3 is 1.73 bits per heavy atom. The minimum absolute atomic E-state index is 0.853. The Bertz CT molecular complexity index is 2490. The van der Waals surface area contributed by atoms with Crippen molar-refractivity contribution in [1.82, 2.24) is 20.0 Å². The smallest absolute Gasteiger partial charge is 0.114 e. The van der Waals surface area contributed by atoms with E-state index in [9.17, 15) is 0 Å². The first-order valence-corrected chi connectivity index (χ1v) is 15.1. The van der Waals surface area contributed by atoms with Gasteiger partial charge in [-0.25, -0.2) is 0 Å². The van der Waals surface area contributed by atoms with Crippen molar-refractivity contribution in [3.05, 3.63) is 158 Å². The highest BCUT2D eigenvalue weighted by Crippen LogP contribution is 2.44. The molecule has 0 saturated heterocycles. The minimum atomic E-state index is 0.853. The summed E-state index contributed by atoms with van der Waals surface area (Å²) in [7, 11) is 0. The van der Waals surface area contributed by atoms with Gasteiger partial charge in [-0.3, -0.25) is 4.98 Å². The van der Waals surface area contributed by atoms with Crippen molar-refractivity contribution in [3.63, 3.8) is 0 Å². The molecule has 0 atom stereocenters. The third-order valence-electron chi connectivity index (χ3n) is 8.71. The van der Waals surface area contributed by atoms with Crippen molar-refractivity contribution < 1.29 is 0 Å². The molecule has 0 spiro atoms. The molecule has 0 aliphatic carbocycles. The van der Waals surface area contributed by atoms with Crippen LogP contribution in [-0.4, -0.2) is 20.0 Å². The molecule has 9 rings (SSSR count). The molecule has 4 heteroatoms. The molecule has 0 unspecified atom stereocenters. The summed E-state index contributed by atoms with van der Waals surface area (Å²) in [6, 6.07) is 51.6. The second-order valence-corrected chi connectivity index (χ2v) is 11.4. The topological polar surface area (TPSA) is 43.6 Å². The highest BCUT2D eigenvalue weighted by Gasteiger charge is 2.18. The van der Waals surface area contributed by atoms with Gasteiger partial charge in [-0.15, -0.1) is 10.2 Å². The summed E-state index contributed by atoms with van der Waals surface area (Å²) >= 11 is 0. The summed E-state index contributed by atoms with van der Waals surface area (Å²) < 4.78 is 0. The fourth-order valence-electron chi connectivity index (χ4n) is 6.62. The van der Waals surface area contributed by atoms with Crippen LogP contribution in [0.3, 0.4) is 0 Å². The molecule has 0 amide bonds. The van der Waals surface area contributed by atoms with Gasteiger partial charge in [-0.1, -0.05) is 109 Å². The van der Waals surface area contributed by atoms with E-state index in [1.807, 2.05) is 24.4 Å². The van der Waals surface area contributed by atoms with Crippen LogP contribution in [0.1, 0.15) is 0 Å². The summed E-state index contributed by atoms with van der Waals surface area (Å²) in [4.78, 5) is 6.01. The van der Waals surface area contributed by atoms with Crippen molar-refractivity contribution >= 4 is 43.4 Å². The molecule has 0 bridgehead atoms. The van der Waals surface area contributed by atoms with Crippen LogP contribution in [0.15, 0.2) is 158 Å². The van der Waals surface area contributed by atoms with Gasteiger partial charge < -0.3 is 0 Å². The SMILES string of the molecule is c1cncc(-c2cccc(-n3nc4ccc(-c5c6ccccc6c(-c6ccc7ccccc7c6)c6ccccc56)cc4n3)c2)c1. The van der Waals surface area contributed by atoms with Gasteiger partial charge in [0.1, 0.15) is 11.0 Å². The van der Waals surface area contributed by atoms with Gasteiger partial charge in [0.05, 0.1) is 5.69 Å². The molecule has 7 aromatic carbocycles. The van der Waals surface area contributed by atoms with E-state index in [1.54, 1.807) is 11.0 Å². The lowest BCUT2D eigenvalue weighted by Crippen LogP contribution is -1.98. The number of fused-ring (bicyclic) bond motifs is 4. The van der Waals surface area contributed by atoms with Gasteiger partial charge in [0.15, 0.2) is 0 Å². The molecule has 4 nitrogen and oxygen atoms in total. The number of benzene rings is 7. The highest BCUT2D eigenvalue weighted by molar-refractivity contribution is 6.22. The largest absolute Gasteiger partial charge is 0.264 e. The van der Waals surface area contributed by atoms with Gasteiger partial charge in [-0.05, 0) is 96.5 Å². The first kappa shape index (κ1) is 25.4. The van der Waals surface area contributed by atoms with Crippen molar-refractivity contribution in [2.45, 2.75) is 0 Å². The van der Waals surface area contributed by atoms with Crippen molar-refractivity contribution in [2.75, 3.05) is 0 Å². The normalized spacial score (nSPS) is 11.6. The number of nitrogens with zero attached hydrogens (tertiary/aromatic N) is 4. The van der Waals surface area contributed by atoms with Crippen LogP contribution in [-0.2, 0) is 0 Å². The second kappa shape index (κ2) is 10.2. The number of hydrogen-bond donors (Lipinski definition) is 0. The molecule has 0 aliphatic rings. The van der Waals surface area contributed by atoms with E-state index < -0.39 is 0 Å². The van der Waals surface area contributed by atoms with Crippen LogP contribution >= 0.6 is 0 Å². The fraction of sp³-hybridized carbons (Fsp3) is 0. The molecule has 45 heavy (non-hydrogen) atoms. The molecule has 2 heterocycles. The summed E-state index contributed by atoms with van der Waals surface area (Å²) in [5.41, 5.74) is 9.56.